The van der Waals surface area contributed by atoms with E-state index in [4.69, 9.17) is 11.5 Å². The molecule has 0 radical (unpaired) electrons. The molecule has 2 amide bonds. The first kappa shape index (κ1) is 20.8. The topological polar surface area (TPSA) is 123 Å². The van der Waals surface area contributed by atoms with Gasteiger partial charge in [-0.1, -0.05) is 24.3 Å². The van der Waals surface area contributed by atoms with Gasteiger partial charge in [-0.25, -0.2) is 9.37 Å². The van der Waals surface area contributed by atoms with Crippen LogP contribution in [-0.2, 0) is 6.54 Å². The Morgan fingerprint density at radius 2 is 1.69 bits per heavy atom. The highest BCUT2D eigenvalue weighted by atomic mass is 19.1. The average molecular weight is 429 g/mol. The van der Waals surface area contributed by atoms with Crippen LogP contribution in [0.3, 0.4) is 0 Å². The van der Waals surface area contributed by atoms with Crippen molar-refractivity contribution >= 4 is 39.9 Å². The molecule has 0 aliphatic rings. The number of rotatable bonds is 6. The number of nitrogens with one attached hydrogen (secondary N) is 2. The normalized spacial score (nSPS) is 10.7. The number of hydrogen-bond donors (Lipinski definition) is 4. The first-order chi connectivity index (χ1) is 15.4. The molecule has 7 nitrogen and oxygen atoms in total. The first-order valence-corrected chi connectivity index (χ1v) is 9.79. The van der Waals surface area contributed by atoms with E-state index in [0.29, 0.717) is 33.8 Å². The fourth-order valence-corrected chi connectivity index (χ4v) is 3.19. The van der Waals surface area contributed by atoms with E-state index in [1.54, 1.807) is 54.6 Å². The molecule has 8 heteroatoms. The van der Waals surface area contributed by atoms with Crippen molar-refractivity contribution in [2.75, 3.05) is 16.4 Å². The van der Waals surface area contributed by atoms with E-state index < -0.39 is 17.6 Å². The van der Waals surface area contributed by atoms with Crippen LogP contribution in [0.1, 0.15) is 26.3 Å². The largest absolute Gasteiger partial charge is 0.397 e. The van der Waals surface area contributed by atoms with Crippen molar-refractivity contribution in [3.63, 3.8) is 0 Å². The minimum Gasteiger partial charge on any atom is -0.397 e. The second kappa shape index (κ2) is 8.73. The van der Waals surface area contributed by atoms with Gasteiger partial charge >= 0.3 is 0 Å². The third-order valence-electron chi connectivity index (χ3n) is 4.96. The molecule has 0 aliphatic heterocycles. The molecular formula is C24H20FN5O2. The van der Waals surface area contributed by atoms with E-state index in [1.165, 1.54) is 12.1 Å². The summed E-state index contributed by atoms with van der Waals surface area (Å²) >= 11 is 0. The van der Waals surface area contributed by atoms with Gasteiger partial charge in [0, 0.05) is 28.6 Å². The number of primary amides is 1. The Morgan fingerprint density at radius 3 is 2.44 bits per heavy atom. The number of carbonyl (C=O) groups is 2. The molecule has 0 saturated heterocycles. The Balaban J connectivity index is 1.46. The predicted octanol–water partition coefficient (Wildman–Crippen LogP) is 3.92. The number of amides is 2. The predicted molar refractivity (Wildman–Crippen MR) is 123 cm³/mol. The number of para-hydroxylation sites is 2. The lowest BCUT2D eigenvalue weighted by atomic mass is 10.1. The second-order valence-corrected chi connectivity index (χ2v) is 7.17. The van der Waals surface area contributed by atoms with Crippen molar-refractivity contribution in [3.05, 3.63) is 95.3 Å². The smallest absolute Gasteiger partial charge is 0.255 e. The highest BCUT2D eigenvalue weighted by Gasteiger charge is 2.12. The average Bonchev–Trinajstić information content (AvgIpc) is 2.79. The van der Waals surface area contributed by atoms with Crippen LogP contribution >= 0.6 is 0 Å². The summed E-state index contributed by atoms with van der Waals surface area (Å²) in [6.07, 6.45) is 0. The van der Waals surface area contributed by atoms with Crippen molar-refractivity contribution < 1.29 is 14.0 Å². The number of aromatic nitrogens is 1. The summed E-state index contributed by atoms with van der Waals surface area (Å²) < 4.78 is 14.6. The van der Waals surface area contributed by atoms with Crippen LogP contribution in [0.5, 0.6) is 0 Å². The summed E-state index contributed by atoms with van der Waals surface area (Å²) in [6.45, 7) is 0.160. The Kier molecular flexibility index (Phi) is 5.67. The number of nitrogens with two attached hydrogens (primary N) is 2. The van der Waals surface area contributed by atoms with E-state index in [-0.39, 0.29) is 12.1 Å². The lowest BCUT2D eigenvalue weighted by molar-refractivity contribution is 0.0997. The second-order valence-electron chi connectivity index (χ2n) is 7.17. The van der Waals surface area contributed by atoms with Crippen LogP contribution in [0.4, 0.5) is 21.6 Å². The van der Waals surface area contributed by atoms with Gasteiger partial charge in [0.1, 0.15) is 11.6 Å². The molecule has 6 N–H and O–H groups in total. The lowest BCUT2D eigenvalue weighted by Gasteiger charge is -2.11. The SMILES string of the molecule is NC(=O)c1ccc2ccc(NCc3ccc(C(=O)Nc4ccccc4N)cc3F)nc2c1. The number of nitrogen functional groups attached to an aromatic ring is 1. The third-order valence-corrected chi connectivity index (χ3v) is 4.96. The van der Waals surface area contributed by atoms with E-state index in [2.05, 4.69) is 15.6 Å². The molecule has 1 aromatic heterocycles. The maximum absolute atomic E-state index is 14.6. The number of halogens is 1. The van der Waals surface area contributed by atoms with Crippen molar-refractivity contribution in [1.29, 1.82) is 0 Å². The monoisotopic (exact) mass is 429 g/mol. The lowest BCUT2D eigenvalue weighted by Crippen LogP contribution is -2.14. The standard InChI is InChI=1S/C24H20FN5O2/c25-18-11-16(24(32)30-20-4-2-1-3-19(20)26)7-8-17(18)13-28-22-10-9-14-5-6-15(23(27)31)12-21(14)29-22/h1-12H,13,26H2,(H2,27,31)(H,28,29)(H,30,32). The van der Waals surface area contributed by atoms with Crippen LogP contribution in [0, 0.1) is 5.82 Å². The molecule has 0 atom stereocenters. The Hall–Kier alpha value is -4.46. The van der Waals surface area contributed by atoms with Gasteiger partial charge in [0.15, 0.2) is 0 Å². The minimum atomic E-state index is -0.534. The molecule has 0 aliphatic carbocycles. The van der Waals surface area contributed by atoms with Crippen molar-refractivity contribution in [1.82, 2.24) is 4.98 Å². The van der Waals surface area contributed by atoms with E-state index in [9.17, 15) is 14.0 Å². The Bertz CT molecular complexity index is 1340. The van der Waals surface area contributed by atoms with Gasteiger partial charge in [-0.15, -0.1) is 0 Å². The van der Waals surface area contributed by atoms with Crippen LogP contribution in [0.15, 0.2) is 72.8 Å². The van der Waals surface area contributed by atoms with E-state index in [0.717, 1.165) is 5.39 Å². The number of nitrogens with zero attached hydrogens (tertiary/aromatic N) is 1. The van der Waals surface area contributed by atoms with Gasteiger partial charge in [-0.3, -0.25) is 9.59 Å². The van der Waals surface area contributed by atoms with Gasteiger partial charge in [0.05, 0.1) is 16.9 Å². The molecule has 3 aromatic carbocycles. The van der Waals surface area contributed by atoms with Crippen molar-refractivity contribution in [2.24, 2.45) is 5.73 Å². The summed E-state index contributed by atoms with van der Waals surface area (Å²) in [7, 11) is 0. The van der Waals surface area contributed by atoms with Crippen molar-refractivity contribution in [2.45, 2.75) is 6.54 Å². The number of fused-ring (bicyclic) bond motifs is 1. The van der Waals surface area contributed by atoms with Gasteiger partial charge in [0.2, 0.25) is 5.91 Å². The number of carbonyl (C=O) groups excluding carboxylic acids is 2. The molecule has 0 fully saturated rings. The molecule has 0 bridgehead atoms. The summed E-state index contributed by atoms with van der Waals surface area (Å²) in [5.41, 5.74) is 13.5. The van der Waals surface area contributed by atoms with Crippen LogP contribution < -0.4 is 22.1 Å². The summed E-state index contributed by atoms with van der Waals surface area (Å²) in [5.74, 6) is -1.00. The molecule has 0 unspecified atom stereocenters. The fraction of sp³-hybridized carbons (Fsp3) is 0.0417. The molecule has 0 saturated carbocycles. The number of benzene rings is 3. The van der Waals surface area contributed by atoms with Crippen molar-refractivity contribution in [3.8, 4) is 0 Å². The van der Waals surface area contributed by atoms with Gasteiger partial charge in [0.25, 0.3) is 5.91 Å². The maximum Gasteiger partial charge on any atom is 0.255 e. The van der Waals surface area contributed by atoms with Crippen LogP contribution in [-0.4, -0.2) is 16.8 Å². The number of anilines is 3. The van der Waals surface area contributed by atoms with E-state index in [1.807, 2.05) is 6.07 Å². The molecule has 1 heterocycles. The number of pyridine rings is 1. The zero-order valence-corrected chi connectivity index (χ0v) is 16.9. The molecular weight excluding hydrogens is 409 g/mol. The zero-order valence-electron chi connectivity index (χ0n) is 16.9. The van der Waals surface area contributed by atoms with Crippen LogP contribution in [0.25, 0.3) is 10.9 Å². The fourth-order valence-electron chi connectivity index (χ4n) is 3.19. The minimum absolute atomic E-state index is 0.160. The molecule has 4 rings (SSSR count). The summed E-state index contributed by atoms with van der Waals surface area (Å²) in [6, 6.07) is 19.7. The molecule has 32 heavy (non-hydrogen) atoms. The molecule has 160 valence electrons. The quantitative estimate of drug-likeness (QED) is 0.346. The van der Waals surface area contributed by atoms with Crippen LogP contribution in [0.2, 0.25) is 0 Å². The van der Waals surface area contributed by atoms with E-state index >= 15 is 0 Å². The van der Waals surface area contributed by atoms with Gasteiger partial charge in [-0.2, -0.15) is 0 Å². The summed E-state index contributed by atoms with van der Waals surface area (Å²) in [4.78, 5) is 28.2. The third kappa shape index (κ3) is 4.49. The highest BCUT2D eigenvalue weighted by molar-refractivity contribution is 6.05. The molecule has 4 aromatic rings. The van der Waals surface area contributed by atoms with Gasteiger partial charge in [-0.05, 0) is 48.5 Å². The zero-order chi connectivity index (χ0) is 22.7. The number of hydrogen-bond acceptors (Lipinski definition) is 5. The Morgan fingerprint density at radius 1 is 0.938 bits per heavy atom. The maximum atomic E-state index is 14.6. The molecule has 0 spiro atoms. The highest BCUT2D eigenvalue weighted by Crippen LogP contribution is 2.20. The Labute approximate surface area is 183 Å². The summed E-state index contributed by atoms with van der Waals surface area (Å²) in [5, 5.41) is 6.57. The van der Waals surface area contributed by atoms with Gasteiger partial charge < -0.3 is 22.1 Å². The first-order valence-electron chi connectivity index (χ1n) is 9.79.